The molecule has 0 radical (unpaired) electrons. The van der Waals surface area contributed by atoms with E-state index >= 15 is 0 Å². The predicted octanol–water partition coefficient (Wildman–Crippen LogP) is 4.06. The summed E-state index contributed by atoms with van der Waals surface area (Å²) in [5.74, 6) is 1.64. The van der Waals surface area contributed by atoms with Crippen molar-refractivity contribution in [2.75, 3.05) is 26.0 Å². The van der Waals surface area contributed by atoms with Gasteiger partial charge < -0.3 is 26.0 Å². The molecule has 0 heterocycles. The second-order valence-electron chi connectivity index (χ2n) is 7.37. The average molecular weight is 539 g/mol. The lowest BCUT2D eigenvalue weighted by Crippen LogP contribution is -2.37. The van der Waals surface area contributed by atoms with E-state index in [1.165, 1.54) is 11.1 Å². The molecule has 2 aromatic carbocycles. The highest BCUT2D eigenvalue weighted by Gasteiger charge is 2.05. The van der Waals surface area contributed by atoms with Crippen LogP contribution in [-0.2, 0) is 13.0 Å². The SMILES string of the molecule is CN=C(NCCc1cc(C)ccc1OC)NCc1ccc(NC(=O)NC(C)C)cc1.I. The molecule has 0 spiro atoms. The molecule has 170 valence electrons. The summed E-state index contributed by atoms with van der Waals surface area (Å²) < 4.78 is 5.44. The smallest absolute Gasteiger partial charge is 0.319 e. The zero-order valence-corrected chi connectivity index (χ0v) is 21.2. The number of aliphatic imine (C=N–C) groups is 1. The van der Waals surface area contributed by atoms with Crippen molar-refractivity contribution in [3.63, 3.8) is 0 Å². The van der Waals surface area contributed by atoms with Crippen molar-refractivity contribution < 1.29 is 9.53 Å². The first-order valence-corrected chi connectivity index (χ1v) is 10.2. The number of nitrogens with zero attached hydrogens (tertiary/aromatic N) is 1. The Morgan fingerprint density at radius 3 is 2.42 bits per heavy atom. The number of anilines is 1. The molecule has 2 amide bonds. The van der Waals surface area contributed by atoms with Gasteiger partial charge in [-0.3, -0.25) is 4.99 Å². The fourth-order valence-corrected chi connectivity index (χ4v) is 2.96. The molecule has 4 N–H and O–H groups in total. The van der Waals surface area contributed by atoms with Crippen molar-refractivity contribution in [3.05, 3.63) is 59.2 Å². The largest absolute Gasteiger partial charge is 0.496 e. The molecule has 2 aromatic rings. The molecule has 31 heavy (non-hydrogen) atoms. The first-order chi connectivity index (χ1) is 14.4. The van der Waals surface area contributed by atoms with E-state index in [0.29, 0.717) is 6.54 Å². The van der Waals surface area contributed by atoms with Gasteiger partial charge in [0.2, 0.25) is 0 Å². The molecule has 0 bridgehead atoms. The first kappa shape index (κ1) is 26.5. The quantitative estimate of drug-likeness (QED) is 0.232. The van der Waals surface area contributed by atoms with Crippen molar-refractivity contribution in [2.24, 2.45) is 4.99 Å². The Bertz CT molecular complexity index is 854. The van der Waals surface area contributed by atoms with Crippen molar-refractivity contribution in [1.29, 1.82) is 0 Å². The number of carbonyl (C=O) groups is 1. The summed E-state index contributed by atoms with van der Waals surface area (Å²) in [6.45, 7) is 7.30. The van der Waals surface area contributed by atoms with Crippen LogP contribution in [0, 0.1) is 6.92 Å². The molecule has 0 saturated carbocycles. The minimum absolute atomic E-state index is 0. The van der Waals surface area contributed by atoms with E-state index in [-0.39, 0.29) is 36.0 Å². The molecule has 0 fully saturated rings. The third kappa shape index (κ3) is 9.46. The van der Waals surface area contributed by atoms with Gasteiger partial charge in [0.15, 0.2) is 5.96 Å². The molecule has 0 aromatic heterocycles. The van der Waals surface area contributed by atoms with Crippen molar-refractivity contribution in [1.82, 2.24) is 16.0 Å². The van der Waals surface area contributed by atoms with E-state index in [1.807, 2.05) is 50.2 Å². The predicted molar refractivity (Wildman–Crippen MR) is 139 cm³/mol. The standard InChI is InChI=1S/C23H33N5O2.HI/c1-16(2)27-23(29)28-20-9-7-18(8-10-20)15-26-22(24-4)25-13-12-19-14-17(3)6-11-21(19)30-5;/h6-11,14,16H,12-13,15H2,1-5H3,(H2,24,25,26)(H2,27,28,29);1H. The van der Waals surface area contributed by atoms with E-state index < -0.39 is 0 Å². The first-order valence-electron chi connectivity index (χ1n) is 10.2. The van der Waals surface area contributed by atoms with Crippen LogP contribution in [0.25, 0.3) is 0 Å². The van der Waals surface area contributed by atoms with Crippen LogP contribution in [0.2, 0.25) is 0 Å². The number of hydrogen-bond acceptors (Lipinski definition) is 3. The summed E-state index contributed by atoms with van der Waals surface area (Å²) in [5.41, 5.74) is 4.23. The van der Waals surface area contributed by atoms with Crippen molar-refractivity contribution >= 4 is 41.7 Å². The van der Waals surface area contributed by atoms with Crippen LogP contribution in [0.4, 0.5) is 10.5 Å². The lowest BCUT2D eigenvalue weighted by Gasteiger charge is -2.14. The second kappa shape index (κ2) is 13.7. The molecule has 7 nitrogen and oxygen atoms in total. The fourth-order valence-electron chi connectivity index (χ4n) is 2.96. The lowest BCUT2D eigenvalue weighted by molar-refractivity contribution is 0.250. The Hall–Kier alpha value is -2.49. The number of guanidine groups is 1. The van der Waals surface area contributed by atoms with Gasteiger partial charge in [-0.15, -0.1) is 24.0 Å². The molecule has 8 heteroatoms. The van der Waals surface area contributed by atoms with Crippen LogP contribution in [0.1, 0.15) is 30.5 Å². The van der Waals surface area contributed by atoms with Crippen LogP contribution in [0.15, 0.2) is 47.5 Å². The minimum atomic E-state index is -0.203. The fraction of sp³-hybridized carbons (Fsp3) is 0.391. The Morgan fingerprint density at radius 2 is 1.81 bits per heavy atom. The maximum absolute atomic E-state index is 11.8. The normalized spacial score (nSPS) is 10.8. The molecule has 0 unspecified atom stereocenters. The van der Waals surface area contributed by atoms with Crippen LogP contribution in [0.3, 0.4) is 0 Å². The Kier molecular flexibility index (Phi) is 11.8. The maximum Gasteiger partial charge on any atom is 0.319 e. The molecular formula is C23H34IN5O2. The monoisotopic (exact) mass is 539 g/mol. The number of rotatable bonds is 8. The summed E-state index contributed by atoms with van der Waals surface area (Å²) in [4.78, 5) is 16.0. The van der Waals surface area contributed by atoms with E-state index in [2.05, 4.69) is 39.2 Å². The molecule has 0 saturated heterocycles. The number of urea groups is 1. The van der Waals surface area contributed by atoms with Crippen molar-refractivity contribution in [2.45, 2.75) is 39.8 Å². The Balaban J connectivity index is 0.00000480. The summed E-state index contributed by atoms with van der Waals surface area (Å²) >= 11 is 0. The number of carbonyl (C=O) groups excluding carboxylic acids is 1. The van der Waals surface area contributed by atoms with E-state index in [1.54, 1.807) is 14.2 Å². The highest BCUT2D eigenvalue weighted by atomic mass is 127. The highest BCUT2D eigenvalue weighted by molar-refractivity contribution is 14.0. The van der Waals surface area contributed by atoms with Gasteiger partial charge in [0.05, 0.1) is 7.11 Å². The second-order valence-corrected chi connectivity index (χ2v) is 7.37. The lowest BCUT2D eigenvalue weighted by atomic mass is 10.1. The van der Waals surface area contributed by atoms with Gasteiger partial charge in [-0.1, -0.05) is 29.8 Å². The number of ether oxygens (including phenoxy) is 1. The van der Waals surface area contributed by atoms with E-state index in [4.69, 9.17) is 4.74 Å². The van der Waals surface area contributed by atoms with Crippen LogP contribution in [-0.4, -0.2) is 38.7 Å². The third-order valence-electron chi connectivity index (χ3n) is 4.44. The number of amides is 2. The number of aryl methyl sites for hydroxylation is 1. The summed E-state index contributed by atoms with van der Waals surface area (Å²) in [7, 11) is 3.45. The number of benzene rings is 2. The van der Waals surface area contributed by atoms with Crippen LogP contribution in [0.5, 0.6) is 5.75 Å². The minimum Gasteiger partial charge on any atom is -0.496 e. The van der Waals surface area contributed by atoms with Gasteiger partial charge in [0, 0.05) is 31.9 Å². The average Bonchev–Trinajstić information content (AvgIpc) is 2.71. The number of halogens is 1. The van der Waals surface area contributed by atoms with Crippen LogP contribution < -0.4 is 26.0 Å². The van der Waals surface area contributed by atoms with Gasteiger partial charge in [0.25, 0.3) is 0 Å². The van der Waals surface area contributed by atoms with Gasteiger partial charge in [-0.2, -0.15) is 0 Å². The number of methoxy groups -OCH3 is 1. The van der Waals surface area contributed by atoms with Gasteiger partial charge in [-0.05, 0) is 56.5 Å². The van der Waals surface area contributed by atoms with E-state index in [9.17, 15) is 4.79 Å². The Morgan fingerprint density at radius 1 is 1.10 bits per heavy atom. The zero-order valence-electron chi connectivity index (χ0n) is 18.9. The molecule has 0 atom stereocenters. The molecule has 2 rings (SSSR count). The maximum atomic E-state index is 11.8. The van der Waals surface area contributed by atoms with Gasteiger partial charge in [0.1, 0.15) is 5.75 Å². The molecule has 0 aliphatic rings. The topological polar surface area (TPSA) is 86.8 Å². The zero-order chi connectivity index (χ0) is 21.9. The summed E-state index contributed by atoms with van der Waals surface area (Å²) in [6.07, 6.45) is 0.838. The van der Waals surface area contributed by atoms with Crippen molar-refractivity contribution in [3.8, 4) is 5.75 Å². The molecular weight excluding hydrogens is 505 g/mol. The number of nitrogens with one attached hydrogen (secondary N) is 4. The molecule has 0 aliphatic heterocycles. The van der Waals surface area contributed by atoms with Gasteiger partial charge >= 0.3 is 6.03 Å². The summed E-state index contributed by atoms with van der Waals surface area (Å²) in [5, 5.41) is 12.3. The van der Waals surface area contributed by atoms with Crippen LogP contribution >= 0.6 is 24.0 Å². The van der Waals surface area contributed by atoms with Gasteiger partial charge in [-0.25, -0.2) is 4.79 Å². The van der Waals surface area contributed by atoms with E-state index in [0.717, 1.165) is 35.9 Å². The molecule has 0 aliphatic carbocycles. The Labute approximate surface area is 202 Å². The number of hydrogen-bond donors (Lipinski definition) is 4. The highest BCUT2D eigenvalue weighted by Crippen LogP contribution is 2.19. The summed E-state index contributed by atoms with van der Waals surface area (Å²) in [6, 6.07) is 13.8. The third-order valence-corrected chi connectivity index (χ3v) is 4.44.